The van der Waals surface area contributed by atoms with Crippen LogP contribution in [0.2, 0.25) is 0 Å². The van der Waals surface area contributed by atoms with Gasteiger partial charge in [0, 0.05) is 6.07 Å². The van der Waals surface area contributed by atoms with E-state index in [1.807, 2.05) is 0 Å². The Kier molecular flexibility index (Phi) is 3.52. The molecule has 6 heteroatoms. The van der Waals surface area contributed by atoms with Gasteiger partial charge in [0.2, 0.25) is 0 Å². The molecule has 0 aliphatic carbocycles. The number of ether oxygens (including phenoxy) is 1. The Morgan fingerprint density at radius 3 is 2.80 bits per heavy atom. The van der Waals surface area contributed by atoms with Gasteiger partial charge in [-0.15, -0.1) is 0 Å². The number of halogens is 2. The second kappa shape index (κ2) is 4.48. The number of rotatable bonds is 3. The molecular formula is C9H9BrFNO3. The number of hydrogen-bond acceptors (Lipinski definition) is 3. The van der Waals surface area contributed by atoms with Crippen LogP contribution in [-0.4, -0.2) is 17.2 Å². The first kappa shape index (κ1) is 11.8. The highest BCUT2D eigenvalue weighted by atomic mass is 79.9. The highest BCUT2D eigenvalue weighted by molar-refractivity contribution is 9.10. The fraction of sp³-hybridized carbons (Fsp3) is 0.222. The summed E-state index contributed by atoms with van der Waals surface area (Å²) in [6.07, 6.45) is -1.08. The van der Waals surface area contributed by atoms with Crippen LogP contribution in [0.3, 0.4) is 0 Å². The van der Waals surface area contributed by atoms with E-state index in [2.05, 4.69) is 15.9 Å². The predicted octanol–water partition coefficient (Wildman–Crippen LogP) is 2.02. The van der Waals surface area contributed by atoms with Crippen molar-refractivity contribution in [3.05, 3.63) is 22.4 Å². The summed E-state index contributed by atoms with van der Waals surface area (Å²) >= 11 is 2.95. The minimum Gasteiger partial charge on any atom is -0.479 e. The van der Waals surface area contributed by atoms with Crippen LogP contribution in [0.4, 0.5) is 10.1 Å². The third-order valence-electron chi connectivity index (χ3n) is 1.70. The van der Waals surface area contributed by atoms with E-state index < -0.39 is 17.9 Å². The third-order valence-corrected chi connectivity index (χ3v) is 2.31. The highest BCUT2D eigenvalue weighted by Gasteiger charge is 2.15. The molecule has 0 saturated carbocycles. The van der Waals surface area contributed by atoms with Crippen LogP contribution in [-0.2, 0) is 4.79 Å². The average molecular weight is 278 g/mol. The van der Waals surface area contributed by atoms with E-state index in [0.29, 0.717) is 0 Å². The lowest BCUT2D eigenvalue weighted by molar-refractivity contribution is -0.144. The normalized spacial score (nSPS) is 12.2. The zero-order valence-electron chi connectivity index (χ0n) is 7.83. The molecule has 0 fully saturated rings. The molecule has 4 nitrogen and oxygen atoms in total. The number of carboxylic acid groups (broad SMARTS) is 1. The Hall–Kier alpha value is -1.30. The molecule has 1 aromatic rings. The predicted molar refractivity (Wildman–Crippen MR) is 56.2 cm³/mol. The number of carbonyl (C=O) groups is 1. The van der Waals surface area contributed by atoms with Crippen LogP contribution in [0.1, 0.15) is 6.92 Å². The minimum atomic E-state index is -1.14. The summed E-state index contributed by atoms with van der Waals surface area (Å²) in [4.78, 5) is 10.5. The van der Waals surface area contributed by atoms with Crippen molar-refractivity contribution in [1.82, 2.24) is 0 Å². The lowest BCUT2D eigenvalue weighted by Crippen LogP contribution is -2.23. The smallest absolute Gasteiger partial charge is 0.344 e. The SMILES string of the molecule is CC(Oc1cc(F)c(Br)cc1N)C(=O)O. The van der Waals surface area contributed by atoms with Crippen molar-refractivity contribution in [2.45, 2.75) is 13.0 Å². The van der Waals surface area contributed by atoms with Gasteiger partial charge in [-0.1, -0.05) is 0 Å². The van der Waals surface area contributed by atoms with Crippen LogP contribution in [0, 0.1) is 5.82 Å². The van der Waals surface area contributed by atoms with E-state index in [1.54, 1.807) is 0 Å². The van der Waals surface area contributed by atoms with Gasteiger partial charge in [-0.3, -0.25) is 0 Å². The van der Waals surface area contributed by atoms with E-state index in [-0.39, 0.29) is 15.9 Å². The molecule has 0 aliphatic heterocycles. The number of carboxylic acids is 1. The van der Waals surface area contributed by atoms with Gasteiger partial charge in [0.15, 0.2) is 6.10 Å². The van der Waals surface area contributed by atoms with Crippen LogP contribution in [0.5, 0.6) is 5.75 Å². The van der Waals surface area contributed by atoms with E-state index in [0.717, 1.165) is 6.07 Å². The van der Waals surface area contributed by atoms with Gasteiger partial charge >= 0.3 is 5.97 Å². The quantitative estimate of drug-likeness (QED) is 0.830. The van der Waals surface area contributed by atoms with E-state index in [4.69, 9.17) is 15.6 Å². The Bertz CT molecular complexity index is 397. The Labute approximate surface area is 94.0 Å². The van der Waals surface area contributed by atoms with E-state index in [1.165, 1.54) is 13.0 Å². The molecule has 0 heterocycles. The summed E-state index contributed by atoms with van der Waals surface area (Å²) in [5, 5.41) is 8.59. The fourth-order valence-corrected chi connectivity index (χ4v) is 1.25. The largest absolute Gasteiger partial charge is 0.479 e. The lowest BCUT2D eigenvalue weighted by Gasteiger charge is -2.12. The third kappa shape index (κ3) is 2.82. The highest BCUT2D eigenvalue weighted by Crippen LogP contribution is 2.29. The van der Waals surface area contributed by atoms with Gasteiger partial charge in [0.1, 0.15) is 11.6 Å². The Morgan fingerprint density at radius 2 is 2.27 bits per heavy atom. The monoisotopic (exact) mass is 277 g/mol. The summed E-state index contributed by atoms with van der Waals surface area (Å²) in [6.45, 7) is 1.34. The number of aliphatic carboxylic acids is 1. The first-order valence-electron chi connectivity index (χ1n) is 4.05. The topological polar surface area (TPSA) is 72.5 Å². The molecule has 0 radical (unpaired) electrons. The average Bonchev–Trinajstić information content (AvgIpc) is 2.13. The molecule has 82 valence electrons. The second-order valence-electron chi connectivity index (χ2n) is 2.90. The van der Waals surface area contributed by atoms with Gasteiger partial charge < -0.3 is 15.6 Å². The summed E-state index contributed by atoms with van der Waals surface area (Å²) in [5.74, 6) is -1.68. The maximum atomic E-state index is 13.1. The molecule has 1 aromatic carbocycles. The number of anilines is 1. The van der Waals surface area contributed by atoms with Gasteiger partial charge in [-0.2, -0.15) is 0 Å². The van der Waals surface area contributed by atoms with Crippen molar-refractivity contribution in [1.29, 1.82) is 0 Å². The molecular weight excluding hydrogens is 269 g/mol. The van der Waals surface area contributed by atoms with Gasteiger partial charge in [-0.05, 0) is 28.9 Å². The Balaban J connectivity index is 2.95. The maximum Gasteiger partial charge on any atom is 0.344 e. The van der Waals surface area contributed by atoms with Crippen molar-refractivity contribution in [2.24, 2.45) is 0 Å². The van der Waals surface area contributed by atoms with Crippen molar-refractivity contribution in [2.75, 3.05) is 5.73 Å². The summed E-state index contributed by atoms with van der Waals surface area (Å²) in [5.41, 5.74) is 5.70. The zero-order valence-corrected chi connectivity index (χ0v) is 9.42. The summed E-state index contributed by atoms with van der Waals surface area (Å²) in [6, 6.07) is 2.36. The molecule has 3 N–H and O–H groups in total. The molecule has 0 saturated heterocycles. The van der Waals surface area contributed by atoms with Crippen LogP contribution in [0.25, 0.3) is 0 Å². The molecule has 0 spiro atoms. The fourth-order valence-electron chi connectivity index (χ4n) is 0.887. The van der Waals surface area contributed by atoms with Crippen molar-refractivity contribution >= 4 is 27.6 Å². The lowest BCUT2D eigenvalue weighted by atomic mass is 10.3. The molecule has 15 heavy (non-hydrogen) atoms. The molecule has 0 bridgehead atoms. The molecule has 1 atom stereocenters. The number of hydrogen-bond donors (Lipinski definition) is 2. The molecule has 0 aliphatic rings. The van der Waals surface area contributed by atoms with E-state index in [9.17, 15) is 9.18 Å². The number of nitrogen functional groups attached to an aromatic ring is 1. The van der Waals surface area contributed by atoms with Crippen LogP contribution >= 0.6 is 15.9 Å². The molecule has 1 unspecified atom stereocenters. The molecule has 0 amide bonds. The van der Waals surface area contributed by atoms with Crippen LogP contribution < -0.4 is 10.5 Å². The standard InChI is InChI=1S/C9H9BrFNO3/c1-4(9(13)14)15-8-3-6(11)5(10)2-7(8)12/h2-4H,12H2,1H3,(H,13,14). The first-order valence-corrected chi connectivity index (χ1v) is 4.85. The first-order chi connectivity index (χ1) is 6.91. The minimum absolute atomic E-state index is 0.0191. The summed E-state index contributed by atoms with van der Waals surface area (Å²) < 4.78 is 18.2. The number of benzene rings is 1. The van der Waals surface area contributed by atoms with Crippen molar-refractivity contribution in [3.8, 4) is 5.75 Å². The Morgan fingerprint density at radius 1 is 1.67 bits per heavy atom. The summed E-state index contributed by atoms with van der Waals surface area (Å²) in [7, 11) is 0. The van der Waals surface area contributed by atoms with Gasteiger partial charge in [-0.25, -0.2) is 9.18 Å². The van der Waals surface area contributed by atoms with E-state index >= 15 is 0 Å². The van der Waals surface area contributed by atoms with Crippen LogP contribution in [0.15, 0.2) is 16.6 Å². The van der Waals surface area contributed by atoms with Gasteiger partial charge in [0.25, 0.3) is 0 Å². The van der Waals surface area contributed by atoms with Crippen molar-refractivity contribution in [3.63, 3.8) is 0 Å². The molecule has 1 rings (SSSR count). The zero-order chi connectivity index (χ0) is 11.6. The second-order valence-corrected chi connectivity index (χ2v) is 3.76. The van der Waals surface area contributed by atoms with Gasteiger partial charge in [0.05, 0.1) is 10.2 Å². The number of nitrogens with two attached hydrogens (primary N) is 1. The van der Waals surface area contributed by atoms with Crippen molar-refractivity contribution < 1.29 is 19.0 Å². The molecule has 0 aromatic heterocycles. The maximum absolute atomic E-state index is 13.1.